The first-order valence-corrected chi connectivity index (χ1v) is 7.57. The Morgan fingerprint density at radius 2 is 1.78 bits per heavy atom. The molecule has 1 N–H and O–H groups in total. The van der Waals surface area contributed by atoms with Crippen molar-refractivity contribution in [3.05, 3.63) is 71.5 Å². The smallest absolute Gasteiger partial charge is 0.119 e. The number of aliphatic hydroxyl groups excluding tert-OH is 1. The van der Waals surface area contributed by atoms with E-state index in [9.17, 15) is 5.11 Å². The molecule has 5 nitrogen and oxygen atoms in total. The predicted octanol–water partition coefficient (Wildman–Crippen LogP) is 2.69. The van der Waals surface area contributed by atoms with Crippen molar-refractivity contribution in [1.29, 1.82) is 0 Å². The first-order chi connectivity index (χ1) is 11.3. The maximum absolute atomic E-state index is 9.51. The molecule has 118 valence electrons. The van der Waals surface area contributed by atoms with Crippen LogP contribution in [0.5, 0.6) is 5.75 Å². The second-order valence-electron chi connectivity index (χ2n) is 5.25. The van der Waals surface area contributed by atoms with E-state index in [1.165, 1.54) is 0 Å². The van der Waals surface area contributed by atoms with E-state index in [1.54, 1.807) is 4.68 Å². The number of aryl methyl sites for hydroxylation is 1. The van der Waals surface area contributed by atoms with Gasteiger partial charge in [0, 0.05) is 6.42 Å². The predicted molar refractivity (Wildman–Crippen MR) is 87.7 cm³/mol. The van der Waals surface area contributed by atoms with Crippen LogP contribution in [0.3, 0.4) is 0 Å². The van der Waals surface area contributed by atoms with Gasteiger partial charge in [0.15, 0.2) is 0 Å². The van der Waals surface area contributed by atoms with Crippen molar-refractivity contribution in [2.24, 2.45) is 0 Å². The van der Waals surface area contributed by atoms with Gasteiger partial charge < -0.3 is 9.84 Å². The fourth-order valence-electron chi connectivity index (χ4n) is 2.48. The van der Waals surface area contributed by atoms with Gasteiger partial charge in [-0.15, -0.1) is 5.10 Å². The molecule has 0 amide bonds. The summed E-state index contributed by atoms with van der Waals surface area (Å²) in [6, 6.07) is 17.6. The van der Waals surface area contributed by atoms with Crippen LogP contribution in [0, 0.1) is 6.92 Å². The van der Waals surface area contributed by atoms with Crippen LogP contribution in [0.2, 0.25) is 0 Å². The van der Waals surface area contributed by atoms with E-state index < -0.39 is 0 Å². The van der Waals surface area contributed by atoms with E-state index in [-0.39, 0.29) is 6.61 Å². The largest absolute Gasteiger partial charge is 0.493 e. The number of aliphatic hydroxyl groups is 1. The molecule has 2 aromatic carbocycles. The maximum Gasteiger partial charge on any atom is 0.119 e. The highest BCUT2D eigenvalue weighted by Crippen LogP contribution is 2.18. The minimum Gasteiger partial charge on any atom is -0.493 e. The highest BCUT2D eigenvalue weighted by atomic mass is 16.5. The lowest BCUT2D eigenvalue weighted by molar-refractivity contribution is 0.273. The van der Waals surface area contributed by atoms with Gasteiger partial charge in [0.25, 0.3) is 0 Å². The first kappa shape index (κ1) is 15.2. The third-order valence-electron chi connectivity index (χ3n) is 3.69. The minimum absolute atomic E-state index is 0.132. The van der Waals surface area contributed by atoms with Gasteiger partial charge in [0.1, 0.15) is 11.4 Å². The van der Waals surface area contributed by atoms with Crippen LogP contribution in [0.1, 0.15) is 17.0 Å². The number of nitrogens with zero attached hydrogens (tertiary/aromatic N) is 3. The Bertz CT molecular complexity index is 769. The third kappa shape index (κ3) is 3.40. The van der Waals surface area contributed by atoms with Gasteiger partial charge in [-0.3, -0.25) is 0 Å². The summed E-state index contributed by atoms with van der Waals surface area (Å²) >= 11 is 0. The Labute approximate surface area is 135 Å². The van der Waals surface area contributed by atoms with Crippen molar-refractivity contribution in [2.45, 2.75) is 20.0 Å². The van der Waals surface area contributed by atoms with Crippen molar-refractivity contribution in [2.75, 3.05) is 6.61 Å². The number of hydrogen-bond donors (Lipinski definition) is 1. The lowest BCUT2D eigenvalue weighted by Crippen LogP contribution is -2.10. The fourth-order valence-corrected chi connectivity index (χ4v) is 2.48. The Morgan fingerprint density at radius 3 is 2.52 bits per heavy atom. The molecule has 3 rings (SSSR count). The number of benzene rings is 2. The minimum atomic E-state index is -0.132. The molecule has 23 heavy (non-hydrogen) atoms. The van der Waals surface area contributed by atoms with Gasteiger partial charge in [-0.1, -0.05) is 41.6 Å². The summed E-state index contributed by atoms with van der Waals surface area (Å²) in [7, 11) is 0. The average Bonchev–Trinajstić information content (AvgIpc) is 2.99. The first-order valence-electron chi connectivity index (χ1n) is 7.57. The van der Waals surface area contributed by atoms with Gasteiger partial charge in [0.2, 0.25) is 0 Å². The molecule has 0 aliphatic carbocycles. The molecule has 0 unspecified atom stereocenters. The van der Waals surface area contributed by atoms with E-state index in [0.717, 1.165) is 22.7 Å². The molecule has 5 heteroatoms. The van der Waals surface area contributed by atoms with Crippen LogP contribution < -0.4 is 4.74 Å². The van der Waals surface area contributed by atoms with Crippen LogP contribution in [-0.2, 0) is 13.0 Å². The molecular weight excluding hydrogens is 290 g/mol. The Kier molecular flexibility index (Phi) is 4.68. The number of hydrogen-bond acceptors (Lipinski definition) is 4. The lowest BCUT2D eigenvalue weighted by atomic mass is 10.2. The Hall–Kier alpha value is -2.66. The third-order valence-corrected chi connectivity index (χ3v) is 3.69. The van der Waals surface area contributed by atoms with Crippen LogP contribution in [0.4, 0.5) is 0 Å². The standard InChI is InChI=1S/C18H19N3O2/c1-14-7-5-6-10-17(14)21-18(16(13-22)19-20-21)11-12-23-15-8-3-2-4-9-15/h2-10,22H,11-13H2,1H3. The molecule has 0 bridgehead atoms. The maximum atomic E-state index is 9.51. The van der Waals surface area contributed by atoms with Crippen LogP contribution in [0.15, 0.2) is 54.6 Å². The summed E-state index contributed by atoms with van der Waals surface area (Å²) in [5.41, 5.74) is 3.53. The molecule has 0 atom stereocenters. The summed E-state index contributed by atoms with van der Waals surface area (Å²) in [4.78, 5) is 0. The van der Waals surface area contributed by atoms with Crippen molar-refractivity contribution in [3.63, 3.8) is 0 Å². The molecule has 3 aromatic rings. The zero-order chi connectivity index (χ0) is 16.1. The number of ether oxygens (including phenoxy) is 1. The van der Waals surface area contributed by atoms with Crippen molar-refractivity contribution in [3.8, 4) is 11.4 Å². The molecule has 1 aromatic heterocycles. The van der Waals surface area contributed by atoms with Crippen LogP contribution in [-0.4, -0.2) is 26.7 Å². The second kappa shape index (κ2) is 7.07. The van der Waals surface area contributed by atoms with Crippen molar-refractivity contribution < 1.29 is 9.84 Å². The molecule has 0 radical (unpaired) electrons. The van der Waals surface area contributed by atoms with Gasteiger partial charge >= 0.3 is 0 Å². The van der Waals surface area contributed by atoms with E-state index in [2.05, 4.69) is 10.3 Å². The van der Waals surface area contributed by atoms with Gasteiger partial charge in [-0.2, -0.15) is 0 Å². The number of rotatable bonds is 6. The van der Waals surface area contributed by atoms with Crippen molar-refractivity contribution >= 4 is 0 Å². The van der Waals surface area contributed by atoms with E-state index in [1.807, 2.05) is 61.5 Å². The average molecular weight is 309 g/mol. The van der Waals surface area contributed by atoms with E-state index in [0.29, 0.717) is 18.7 Å². The van der Waals surface area contributed by atoms with Gasteiger partial charge in [0.05, 0.1) is 24.6 Å². The topological polar surface area (TPSA) is 60.2 Å². The molecule has 1 heterocycles. The van der Waals surface area contributed by atoms with Crippen LogP contribution in [0.25, 0.3) is 5.69 Å². The van der Waals surface area contributed by atoms with E-state index in [4.69, 9.17) is 4.74 Å². The van der Waals surface area contributed by atoms with E-state index >= 15 is 0 Å². The molecule has 0 saturated heterocycles. The van der Waals surface area contributed by atoms with Crippen LogP contribution >= 0.6 is 0 Å². The SMILES string of the molecule is Cc1ccccc1-n1nnc(CO)c1CCOc1ccccc1. The highest BCUT2D eigenvalue weighted by Gasteiger charge is 2.14. The molecule has 0 fully saturated rings. The fraction of sp³-hybridized carbons (Fsp3) is 0.222. The number of para-hydroxylation sites is 2. The molecule has 0 spiro atoms. The zero-order valence-electron chi connectivity index (χ0n) is 13.0. The second-order valence-corrected chi connectivity index (χ2v) is 5.25. The number of aromatic nitrogens is 3. The summed E-state index contributed by atoms with van der Waals surface area (Å²) < 4.78 is 7.54. The van der Waals surface area contributed by atoms with Gasteiger partial charge in [-0.25, -0.2) is 4.68 Å². The Balaban J connectivity index is 1.81. The zero-order valence-corrected chi connectivity index (χ0v) is 13.0. The molecular formula is C18H19N3O2. The molecule has 0 saturated carbocycles. The highest BCUT2D eigenvalue weighted by molar-refractivity contribution is 5.41. The summed E-state index contributed by atoms with van der Waals surface area (Å²) in [5.74, 6) is 0.827. The summed E-state index contributed by atoms with van der Waals surface area (Å²) in [6.45, 7) is 2.39. The summed E-state index contributed by atoms with van der Waals surface area (Å²) in [5, 5.41) is 17.8. The Morgan fingerprint density at radius 1 is 1.04 bits per heavy atom. The summed E-state index contributed by atoms with van der Waals surface area (Å²) in [6.07, 6.45) is 0.617. The normalized spacial score (nSPS) is 10.7. The van der Waals surface area contributed by atoms with Crippen molar-refractivity contribution in [1.82, 2.24) is 15.0 Å². The molecule has 0 aliphatic rings. The monoisotopic (exact) mass is 309 g/mol. The molecule has 0 aliphatic heterocycles. The van der Waals surface area contributed by atoms with Gasteiger partial charge in [-0.05, 0) is 30.7 Å². The quantitative estimate of drug-likeness (QED) is 0.760. The lowest BCUT2D eigenvalue weighted by Gasteiger charge is -2.11.